The van der Waals surface area contributed by atoms with E-state index in [-0.39, 0.29) is 77.3 Å². The zero-order valence-corrected chi connectivity index (χ0v) is 17.1. The molecule has 0 spiro atoms. The van der Waals surface area contributed by atoms with Crippen molar-refractivity contribution in [2.24, 2.45) is 0 Å². The summed E-state index contributed by atoms with van der Waals surface area (Å²) in [5, 5.41) is 0. The van der Waals surface area contributed by atoms with E-state index in [1.54, 1.807) is 0 Å². The molecule has 0 amide bonds. The molecule has 0 aromatic heterocycles. The topological polar surface area (TPSA) is 0 Å². The van der Waals surface area contributed by atoms with E-state index < -0.39 is 0 Å². The molecule has 2 rings (SSSR count). The van der Waals surface area contributed by atoms with E-state index >= 15 is 0 Å². The number of hydrogen-bond acceptors (Lipinski definition) is 0. The van der Waals surface area contributed by atoms with Crippen LogP contribution in [0.3, 0.4) is 0 Å². The predicted molar refractivity (Wildman–Crippen MR) is 129 cm³/mol. The molecule has 27 heavy (non-hydrogen) atoms. The van der Waals surface area contributed by atoms with Gasteiger partial charge in [-0.05, 0) is 0 Å². The van der Waals surface area contributed by atoms with Crippen molar-refractivity contribution in [2.75, 3.05) is 0 Å². The molecule has 0 heterocycles. The second-order valence-corrected chi connectivity index (χ2v) is 5.42. The van der Waals surface area contributed by atoms with Gasteiger partial charge in [-0.15, -0.1) is 0 Å². The van der Waals surface area contributed by atoms with Crippen LogP contribution in [0.1, 0.15) is 91.8 Å². The average molecular weight is 452 g/mol. The van der Waals surface area contributed by atoms with E-state index in [9.17, 15) is 0 Å². The molecule has 0 atom stereocenters. The molecule has 0 fully saturated rings. The molecule has 0 bridgehead atoms. The summed E-state index contributed by atoms with van der Waals surface area (Å²) in [5.41, 5.74) is 7.81. The maximum atomic E-state index is 3.24. The van der Waals surface area contributed by atoms with Crippen molar-refractivity contribution >= 4 is 0 Å². The van der Waals surface area contributed by atoms with Gasteiger partial charge in [0.1, 0.15) is 0 Å². The summed E-state index contributed by atoms with van der Waals surface area (Å²) in [5.74, 6) is 0. The van der Waals surface area contributed by atoms with Crippen molar-refractivity contribution in [3.8, 4) is 0 Å². The van der Waals surface area contributed by atoms with E-state index in [2.05, 4.69) is 77.9 Å². The molecule has 0 nitrogen and oxygen atoms in total. The number of aryl methyl sites for hydroxylation is 6. The third-order valence-electron chi connectivity index (χ3n) is 3.21. The smallest absolute Gasteiger partial charge is 0 e. The minimum absolute atomic E-state index is 0. The molecule has 0 aliphatic heterocycles. The number of benzene rings is 2. The number of hydrogen-bond donors (Lipinski definition) is 0. The van der Waals surface area contributed by atoms with Gasteiger partial charge < -0.3 is 0 Å². The quantitative estimate of drug-likeness (QED) is 0.399. The van der Waals surface area contributed by atoms with Crippen LogP contribution in [-0.2, 0) is 45.6 Å². The summed E-state index contributed by atoms with van der Waals surface area (Å²) < 4.78 is 0. The predicted octanol–water partition coefficient (Wildman–Crippen LogP) is 9.15. The van der Waals surface area contributed by atoms with Crippen molar-refractivity contribution in [1.29, 1.82) is 0 Å². The Morgan fingerprint density at radius 2 is 0.704 bits per heavy atom. The third kappa shape index (κ3) is 18.7. The fraction of sp³-hybridized carbons (Fsp3) is 0.538. The monoisotopic (exact) mass is 451 g/mol. The molecule has 1 heteroatoms. The van der Waals surface area contributed by atoms with Gasteiger partial charge in [0.05, 0.1) is 0 Å². The standard InChI is InChI=1S/2C10H13.6CH4.Y/c2*1-4-10-6-8(2)5-9(3)7-10;;;;;;;/h2*6-7H,4H2,1-3H3;6*1H4;/q2*-1;;;;;;;. The Kier molecular flexibility index (Phi) is 39.6. The van der Waals surface area contributed by atoms with E-state index in [0.717, 1.165) is 12.8 Å². The average Bonchev–Trinajstić information content (AvgIpc) is 2.37. The van der Waals surface area contributed by atoms with Gasteiger partial charge >= 0.3 is 0 Å². The summed E-state index contributed by atoms with van der Waals surface area (Å²) in [6.45, 7) is 12.7. The Labute approximate surface area is 200 Å². The number of rotatable bonds is 2. The Hall–Kier alpha value is -0.456. The third-order valence-corrected chi connectivity index (χ3v) is 3.21. The molecule has 0 unspecified atom stereocenters. The summed E-state index contributed by atoms with van der Waals surface area (Å²) in [6, 6.07) is 15.2. The Bertz CT molecular complexity index is 464. The van der Waals surface area contributed by atoms with Crippen LogP contribution < -0.4 is 0 Å². The van der Waals surface area contributed by atoms with Crippen molar-refractivity contribution in [3.05, 3.63) is 69.8 Å². The van der Waals surface area contributed by atoms with Gasteiger partial charge in [-0.2, -0.15) is 69.8 Å². The van der Waals surface area contributed by atoms with Gasteiger partial charge in [-0.3, -0.25) is 0 Å². The van der Waals surface area contributed by atoms with Gasteiger partial charge in [0.15, 0.2) is 0 Å². The Morgan fingerprint density at radius 3 is 0.852 bits per heavy atom. The van der Waals surface area contributed by atoms with Gasteiger partial charge in [-0.1, -0.05) is 98.9 Å². The molecule has 2 aromatic carbocycles. The van der Waals surface area contributed by atoms with Crippen molar-refractivity contribution in [3.63, 3.8) is 0 Å². The van der Waals surface area contributed by atoms with Gasteiger partial charge in [0, 0.05) is 32.7 Å². The zero-order chi connectivity index (χ0) is 15.1. The first-order valence-corrected chi connectivity index (χ1v) is 7.43. The van der Waals surface area contributed by atoms with Crippen LogP contribution >= 0.6 is 0 Å². The van der Waals surface area contributed by atoms with Gasteiger partial charge in [-0.25, -0.2) is 0 Å². The minimum atomic E-state index is 0. The van der Waals surface area contributed by atoms with Gasteiger partial charge in [0.2, 0.25) is 0 Å². The summed E-state index contributed by atoms with van der Waals surface area (Å²) in [6.07, 6.45) is 2.24. The van der Waals surface area contributed by atoms with Crippen LogP contribution in [-0.4, -0.2) is 0 Å². The maximum absolute atomic E-state index is 3.24. The molecule has 0 aliphatic rings. The summed E-state index contributed by atoms with van der Waals surface area (Å²) >= 11 is 0. The molecule has 1 radical (unpaired) electrons. The van der Waals surface area contributed by atoms with E-state index in [4.69, 9.17) is 0 Å². The van der Waals surface area contributed by atoms with Crippen LogP contribution in [0.2, 0.25) is 0 Å². The normalized spacial score (nSPS) is 7.33. The van der Waals surface area contributed by atoms with E-state index in [1.165, 1.54) is 33.4 Å². The molecule has 0 saturated heterocycles. The van der Waals surface area contributed by atoms with Gasteiger partial charge in [0.25, 0.3) is 0 Å². The van der Waals surface area contributed by atoms with Crippen molar-refractivity contribution < 1.29 is 32.7 Å². The summed E-state index contributed by atoms with van der Waals surface area (Å²) in [4.78, 5) is 0. The maximum Gasteiger partial charge on any atom is 0 e. The molecule has 0 aliphatic carbocycles. The SMILES string of the molecule is C.C.C.C.C.C.CCc1cc(C)[c-]c(C)c1.CCc1cc(C)[c-]c(C)c1.[Y]. The van der Waals surface area contributed by atoms with Crippen molar-refractivity contribution in [2.45, 2.75) is 98.9 Å². The van der Waals surface area contributed by atoms with Crippen LogP contribution in [0.25, 0.3) is 0 Å². The van der Waals surface area contributed by atoms with Crippen molar-refractivity contribution in [1.82, 2.24) is 0 Å². The first-order valence-electron chi connectivity index (χ1n) is 7.43. The molecular formula is C26H50Y-2. The first-order chi connectivity index (χ1) is 9.44. The van der Waals surface area contributed by atoms with Crippen LogP contribution in [0.4, 0.5) is 0 Å². The molecule has 0 saturated carbocycles. The zero-order valence-electron chi connectivity index (χ0n) is 14.3. The molecular weight excluding hydrogens is 401 g/mol. The fourth-order valence-corrected chi connectivity index (χ4v) is 2.37. The Balaban J connectivity index is -0.0000000471. The molecule has 159 valence electrons. The second kappa shape index (κ2) is 23.6. The van der Waals surface area contributed by atoms with E-state index in [1.807, 2.05) is 0 Å². The molecule has 2 aromatic rings. The Morgan fingerprint density at radius 1 is 0.519 bits per heavy atom. The van der Waals surface area contributed by atoms with Crippen LogP contribution in [0, 0.1) is 39.8 Å². The van der Waals surface area contributed by atoms with Crippen LogP contribution in [0.5, 0.6) is 0 Å². The van der Waals surface area contributed by atoms with Crippen LogP contribution in [0.15, 0.2) is 24.3 Å². The second-order valence-electron chi connectivity index (χ2n) is 5.42. The largest absolute Gasteiger partial charge is 0.177 e. The molecule has 0 N–H and O–H groups in total. The summed E-state index contributed by atoms with van der Waals surface area (Å²) in [7, 11) is 0. The minimum Gasteiger partial charge on any atom is -0.177 e. The first kappa shape index (κ1) is 45.3. The fourth-order valence-electron chi connectivity index (χ4n) is 2.37. The van der Waals surface area contributed by atoms with E-state index in [0.29, 0.717) is 0 Å².